The van der Waals surface area contributed by atoms with Crippen molar-refractivity contribution in [2.24, 2.45) is 11.7 Å². The maximum absolute atomic E-state index is 6.28. The predicted molar refractivity (Wildman–Crippen MR) is 77.6 cm³/mol. The molecule has 1 saturated heterocycles. The largest absolute Gasteiger partial charge is 0.492 e. The molecule has 2 rings (SSSR count). The van der Waals surface area contributed by atoms with Crippen LogP contribution in [-0.2, 0) is 4.74 Å². The Morgan fingerprint density at radius 1 is 1.33 bits per heavy atom. The molecule has 0 spiro atoms. The molecule has 4 heteroatoms. The smallest absolute Gasteiger partial charge is 0.105 e. The molecule has 0 bridgehead atoms. The van der Waals surface area contributed by atoms with E-state index in [1.807, 2.05) is 0 Å². The van der Waals surface area contributed by atoms with Gasteiger partial charge in [-0.3, -0.25) is 4.90 Å². The van der Waals surface area contributed by atoms with Crippen LogP contribution in [0.1, 0.15) is 34.1 Å². The van der Waals surface area contributed by atoms with Gasteiger partial charge >= 0.3 is 0 Å². The van der Waals surface area contributed by atoms with E-state index in [0.29, 0.717) is 5.92 Å². The second-order valence-electron chi connectivity index (χ2n) is 6.31. The first-order valence-electron chi connectivity index (χ1n) is 6.23. The lowest BCUT2D eigenvalue weighted by molar-refractivity contribution is 0.0747. The first-order valence-corrected chi connectivity index (χ1v) is 6.23. The fraction of sp³-hybridized carbons (Fsp3) is 0.714. The van der Waals surface area contributed by atoms with Gasteiger partial charge in [-0.1, -0.05) is 0 Å². The van der Waals surface area contributed by atoms with E-state index in [-0.39, 0.29) is 23.5 Å². The minimum Gasteiger partial charge on any atom is -0.492 e. The number of allylic oxidation sites excluding steroid dienone is 2. The Hall–Kier alpha value is -0.670. The van der Waals surface area contributed by atoms with E-state index in [1.54, 1.807) is 0 Å². The Labute approximate surface area is 116 Å². The highest BCUT2D eigenvalue weighted by atomic mass is 35.5. The molecule has 2 aliphatic rings. The summed E-state index contributed by atoms with van der Waals surface area (Å²) in [6.07, 6.45) is 3.08. The zero-order valence-corrected chi connectivity index (χ0v) is 13.0. The highest BCUT2D eigenvalue weighted by Gasteiger charge is 2.51. The molecule has 0 radical (unpaired) electrons. The number of ether oxygens (including phenoxy) is 1. The van der Waals surface area contributed by atoms with E-state index >= 15 is 0 Å². The summed E-state index contributed by atoms with van der Waals surface area (Å²) in [5, 5.41) is 0. The Morgan fingerprint density at radius 3 is 2.39 bits per heavy atom. The van der Waals surface area contributed by atoms with Crippen LogP contribution in [0.5, 0.6) is 0 Å². The van der Waals surface area contributed by atoms with Crippen LogP contribution >= 0.6 is 12.4 Å². The highest BCUT2D eigenvalue weighted by Crippen LogP contribution is 2.50. The monoisotopic (exact) mass is 272 g/mol. The molecule has 0 aromatic rings. The van der Waals surface area contributed by atoms with Gasteiger partial charge in [-0.2, -0.15) is 0 Å². The third-order valence-electron chi connectivity index (χ3n) is 4.35. The third kappa shape index (κ3) is 2.04. The summed E-state index contributed by atoms with van der Waals surface area (Å²) in [6, 6.07) is 0. The van der Waals surface area contributed by atoms with E-state index in [2.05, 4.69) is 52.8 Å². The van der Waals surface area contributed by atoms with Crippen LogP contribution in [0.4, 0.5) is 0 Å². The number of hydrogen-bond acceptors (Lipinski definition) is 3. The minimum atomic E-state index is -0.136. The number of halogens is 1. The van der Waals surface area contributed by atoms with Crippen molar-refractivity contribution in [1.82, 2.24) is 4.90 Å². The summed E-state index contributed by atoms with van der Waals surface area (Å²) >= 11 is 0. The van der Waals surface area contributed by atoms with Gasteiger partial charge in [0.05, 0.1) is 5.54 Å². The number of likely N-dealkylation sites (N-methyl/N-ethyl adjacent to an activating group) is 1. The van der Waals surface area contributed by atoms with E-state index < -0.39 is 0 Å². The summed E-state index contributed by atoms with van der Waals surface area (Å²) in [4.78, 5) is 2.21. The molecule has 2 atom stereocenters. The molecular weight excluding hydrogens is 248 g/mol. The average Bonchev–Trinajstić information content (AvgIpc) is 2.51. The molecule has 1 aliphatic heterocycles. The molecule has 1 heterocycles. The maximum atomic E-state index is 6.28. The molecule has 0 saturated carbocycles. The van der Waals surface area contributed by atoms with Crippen LogP contribution in [0.3, 0.4) is 0 Å². The van der Waals surface area contributed by atoms with E-state index in [0.717, 1.165) is 17.9 Å². The molecule has 18 heavy (non-hydrogen) atoms. The lowest BCUT2D eigenvalue weighted by Crippen LogP contribution is -2.53. The Kier molecular flexibility index (Phi) is 3.81. The quantitative estimate of drug-likeness (QED) is 0.798. The molecule has 0 amide bonds. The molecule has 0 aromatic heterocycles. The van der Waals surface area contributed by atoms with E-state index in [4.69, 9.17) is 10.5 Å². The molecule has 1 fully saturated rings. The van der Waals surface area contributed by atoms with Crippen LogP contribution in [0.25, 0.3) is 0 Å². The van der Waals surface area contributed by atoms with Gasteiger partial charge in [-0.25, -0.2) is 0 Å². The normalized spacial score (nSPS) is 33.7. The number of nitrogens with two attached hydrogens (primary N) is 1. The van der Waals surface area contributed by atoms with Gasteiger partial charge in [-0.15, -0.1) is 12.4 Å². The standard InChI is InChI=1S/C14H24N2O.ClH/c1-9-7-11(15)14(4,16(5)6)10-8-13(2,3)17-12(9)10;/h7,10H,8,15H2,1-6H3;1H. The van der Waals surface area contributed by atoms with Crippen LogP contribution in [0, 0.1) is 5.92 Å². The predicted octanol–water partition coefficient (Wildman–Crippen LogP) is 2.67. The average molecular weight is 273 g/mol. The fourth-order valence-electron chi connectivity index (χ4n) is 3.03. The summed E-state index contributed by atoms with van der Waals surface area (Å²) in [6.45, 7) is 8.60. The van der Waals surface area contributed by atoms with Crippen molar-refractivity contribution < 1.29 is 4.74 Å². The van der Waals surface area contributed by atoms with E-state index in [9.17, 15) is 0 Å². The molecule has 0 aromatic carbocycles. The molecule has 2 unspecified atom stereocenters. The maximum Gasteiger partial charge on any atom is 0.105 e. The molecular formula is C14H25ClN2O. The van der Waals surface area contributed by atoms with Crippen LogP contribution < -0.4 is 5.73 Å². The second-order valence-corrected chi connectivity index (χ2v) is 6.31. The van der Waals surface area contributed by atoms with Crippen molar-refractivity contribution in [2.75, 3.05) is 14.1 Å². The van der Waals surface area contributed by atoms with Crippen molar-refractivity contribution in [3.63, 3.8) is 0 Å². The number of fused-ring (bicyclic) bond motifs is 1. The first kappa shape index (κ1) is 15.4. The summed E-state index contributed by atoms with van der Waals surface area (Å²) in [7, 11) is 4.18. The van der Waals surface area contributed by atoms with Crippen LogP contribution in [-0.4, -0.2) is 30.1 Å². The number of rotatable bonds is 1. The van der Waals surface area contributed by atoms with Crippen molar-refractivity contribution in [2.45, 2.75) is 45.3 Å². The lowest BCUT2D eigenvalue weighted by atomic mass is 9.73. The van der Waals surface area contributed by atoms with Crippen molar-refractivity contribution in [3.05, 3.63) is 23.1 Å². The van der Waals surface area contributed by atoms with Gasteiger partial charge in [0.25, 0.3) is 0 Å². The van der Waals surface area contributed by atoms with Gasteiger partial charge in [0.1, 0.15) is 11.4 Å². The van der Waals surface area contributed by atoms with Gasteiger partial charge in [-0.05, 0) is 59.9 Å². The zero-order valence-electron chi connectivity index (χ0n) is 12.2. The first-order chi connectivity index (χ1) is 7.68. The SMILES string of the molecule is CC1=C2OC(C)(C)CC2C(C)(N(C)C)C(N)=C1.Cl. The van der Waals surface area contributed by atoms with Crippen LogP contribution in [0.2, 0.25) is 0 Å². The van der Waals surface area contributed by atoms with E-state index in [1.165, 1.54) is 5.57 Å². The van der Waals surface area contributed by atoms with Crippen molar-refractivity contribution in [1.29, 1.82) is 0 Å². The van der Waals surface area contributed by atoms with Gasteiger partial charge < -0.3 is 10.5 Å². The summed E-state index contributed by atoms with van der Waals surface area (Å²) < 4.78 is 6.11. The minimum absolute atomic E-state index is 0. The highest BCUT2D eigenvalue weighted by molar-refractivity contribution is 5.85. The number of nitrogens with zero attached hydrogens (tertiary/aromatic N) is 1. The Bertz CT molecular complexity index is 412. The fourth-order valence-corrected chi connectivity index (χ4v) is 3.03. The lowest BCUT2D eigenvalue weighted by Gasteiger charge is -2.44. The van der Waals surface area contributed by atoms with Crippen molar-refractivity contribution in [3.8, 4) is 0 Å². The summed E-state index contributed by atoms with van der Waals surface area (Å²) in [5.74, 6) is 1.48. The Balaban J connectivity index is 0.00000162. The van der Waals surface area contributed by atoms with Crippen LogP contribution in [0.15, 0.2) is 23.1 Å². The Morgan fingerprint density at radius 2 is 1.89 bits per heavy atom. The molecule has 3 nitrogen and oxygen atoms in total. The van der Waals surface area contributed by atoms with Gasteiger partial charge in [0.2, 0.25) is 0 Å². The van der Waals surface area contributed by atoms with Gasteiger partial charge in [0.15, 0.2) is 0 Å². The summed E-state index contributed by atoms with van der Waals surface area (Å²) in [5.41, 5.74) is 8.17. The zero-order chi connectivity index (χ0) is 13.0. The molecule has 2 N–H and O–H groups in total. The second kappa shape index (κ2) is 4.46. The topological polar surface area (TPSA) is 38.5 Å². The molecule has 104 valence electrons. The third-order valence-corrected chi connectivity index (χ3v) is 4.35. The molecule has 1 aliphatic carbocycles. The van der Waals surface area contributed by atoms with Gasteiger partial charge in [0, 0.05) is 11.6 Å². The number of hydrogen-bond donors (Lipinski definition) is 1. The van der Waals surface area contributed by atoms with Crippen molar-refractivity contribution >= 4 is 12.4 Å².